The maximum atomic E-state index is 11.8. The fraction of sp³-hybridized carbons (Fsp3) is 0.167. The number of aromatic nitrogens is 1. The van der Waals surface area contributed by atoms with E-state index in [4.69, 9.17) is 5.73 Å². The smallest absolute Gasteiger partial charge is 0.253 e. The van der Waals surface area contributed by atoms with Gasteiger partial charge in [-0.25, -0.2) is 0 Å². The Balaban J connectivity index is 1.65. The molecule has 0 fully saturated rings. The number of anilines is 4. The van der Waals surface area contributed by atoms with E-state index in [1.807, 2.05) is 25.1 Å². The third-order valence-electron chi connectivity index (χ3n) is 3.92. The van der Waals surface area contributed by atoms with E-state index >= 15 is 0 Å². The van der Waals surface area contributed by atoms with Crippen LogP contribution in [0.2, 0.25) is 0 Å². The Labute approximate surface area is 139 Å². The molecule has 1 aromatic heterocycles. The third-order valence-corrected chi connectivity index (χ3v) is 3.92. The molecule has 24 heavy (non-hydrogen) atoms. The van der Waals surface area contributed by atoms with Crippen molar-refractivity contribution in [2.24, 2.45) is 0 Å². The number of hydrogen-bond donors (Lipinski definition) is 3. The number of hydrogen-bond acceptors (Lipinski definition) is 6. The topological polar surface area (TPSA) is 97.1 Å². The van der Waals surface area contributed by atoms with Crippen molar-refractivity contribution >= 4 is 22.7 Å². The van der Waals surface area contributed by atoms with E-state index in [0.29, 0.717) is 30.0 Å². The van der Waals surface area contributed by atoms with Crippen molar-refractivity contribution in [2.45, 2.75) is 13.3 Å². The van der Waals surface area contributed by atoms with Crippen LogP contribution in [-0.2, 0) is 6.42 Å². The molecule has 0 spiro atoms. The van der Waals surface area contributed by atoms with Gasteiger partial charge in [0.05, 0.1) is 0 Å². The molecule has 0 aliphatic rings. The van der Waals surface area contributed by atoms with Crippen molar-refractivity contribution in [1.29, 1.82) is 0 Å². The third kappa shape index (κ3) is 3.12. The monoisotopic (exact) mass is 322 g/mol. The molecule has 2 aromatic carbocycles. The van der Waals surface area contributed by atoms with E-state index in [0.717, 1.165) is 16.8 Å². The van der Waals surface area contributed by atoms with Gasteiger partial charge in [0.2, 0.25) is 0 Å². The lowest BCUT2D eigenvalue weighted by molar-refractivity contribution is 1.01. The molecule has 122 valence electrons. The molecule has 1 heterocycles. The highest BCUT2D eigenvalue weighted by atomic mass is 16.2. The Morgan fingerprint density at radius 1 is 1.04 bits per heavy atom. The molecule has 0 aliphatic carbocycles. The van der Waals surface area contributed by atoms with Crippen LogP contribution >= 0.6 is 0 Å². The van der Waals surface area contributed by atoms with Crippen LogP contribution in [0.3, 0.4) is 0 Å². The van der Waals surface area contributed by atoms with Gasteiger partial charge in [0.25, 0.3) is 10.9 Å². The summed E-state index contributed by atoms with van der Waals surface area (Å²) in [4.78, 5) is 27.4. The average Bonchev–Trinajstić information content (AvgIpc) is 2.60. The van der Waals surface area contributed by atoms with Crippen LogP contribution in [0.4, 0.5) is 22.7 Å². The van der Waals surface area contributed by atoms with Crippen molar-refractivity contribution in [2.75, 3.05) is 22.9 Å². The van der Waals surface area contributed by atoms with E-state index < -0.39 is 10.9 Å². The SMILES string of the molecule is Cc1ccc(CCNc2c(Nc3ccncc3)c(=O)c2=O)cc1N. The molecular formula is C18H18N4O2. The van der Waals surface area contributed by atoms with Crippen LogP contribution in [-0.4, -0.2) is 11.5 Å². The van der Waals surface area contributed by atoms with Gasteiger partial charge in [-0.15, -0.1) is 0 Å². The number of rotatable bonds is 6. The molecule has 0 saturated heterocycles. The molecule has 0 saturated carbocycles. The first kappa shape index (κ1) is 15.7. The Hall–Kier alpha value is -3.15. The van der Waals surface area contributed by atoms with Crippen LogP contribution in [0, 0.1) is 6.92 Å². The molecule has 4 N–H and O–H groups in total. The molecular weight excluding hydrogens is 304 g/mol. The van der Waals surface area contributed by atoms with Crippen LogP contribution in [0.5, 0.6) is 0 Å². The van der Waals surface area contributed by atoms with Crippen LogP contribution in [0.25, 0.3) is 0 Å². The molecule has 0 atom stereocenters. The van der Waals surface area contributed by atoms with Gasteiger partial charge >= 0.3 is 0 Å². The molecule has 0 unspecified atom stereocenters. The Morgan fingerprint density at radius 2 is 1.75 bits per heavy atom. The summed E-state index contributed by atoms with van der Waals surface area (Å²) in [7, 11) is 0. The highest BCUT2D eigenvalue weighted by molar-refractivity contribution is 5.78. The van der Waals surface area contributed by atoms with E-state index in [1.165, 1.54) is 0 Å². The van der Waals surface area contributed by atoms with Gasteiger partial charge < -0.3 is 16.4 Å². The number of benzene rings is 1. The second-order valence-electron chi connectivity index (χ2n) is 5.64. The minimum absolute atomic E-state index is 0.301. The first-order valence-corrected chi connectivity index (χ1v) is 7.65. The summed E-state index contributed by atoms with van der Waals surface area (Å²) in [6.45, 7) is 2.50. The first-order chi connectivity index (χ1) is 11.6. The number of nitrogens with zero attached hydrogens (tertiary/aromatic N) is 1. The van der Waals surface area contributed by atoms with Crippen molar-refractivity contribution in [1.82, 2.24) is 4.98 Å². The summed E-state index contributed by atoms with van der Waals surface area (Å²) in [6, 6.07) is 9.37. The van der Waals surface area contributed by atoms with E-state index in [9.17, 15) is 9.59 Å². The van der Waals surface area contributed by atoms with E-state index in [1.54, 1.807) is 24.5 Å². The molecule has 6 nitrogen and oxygen atoms in total. The van der Waals surface area contributed by atoms with Crippen molar-refractivity contribution in [3.8, 4) is 0 Å². The lowest BCUT2D eigenvalue weighted by atomic mass is 10.1. The van der Waals surface area contributed by atoms with Crippen LogP contribution in [0.1, 0.15) is 11.1 Å². The molecule has 0 amide bonds. The lowest BCUT2D eigenvalue weighted by Crippen LogP contribution is -2.37. The highest BCUT2D eigenvalue weighted by Crippen LogP contribution is 2.20. The van der Waals surface area contributed by atoms with Gasteiger partial charge in [-0.1, -0.05) is 12.1 Å². The summed E-state index contributed by atoms with van der Waals surface area (Å²) < 4.78 is 0. The molecule has 0 bridgehead atoms. The molecule has 0 radical (unpaired) electrons. The van der Waals surface area contributed by atoms with Gasteiger partial charge in [0.1, 0.15) is 11.4 Å². The normalized spacial score (nSPS) is 10.7. The second-order valence-corrected chi connectivity index (χ2v) is 5.64. The maximum Gasteiger partial charge on any atom is 0.253 e. The zero-order valence-corrected chi connectivity index (χ0v) is 13.3. The van der Waals surface area contributed by atoms with Crippen LogP contribution in [0.15, 0.2) is 52.3 Å². The van der Waals surface area contributed by atoms with Crippen molar-refractivity contribution in [3.63, 3.8) is 0 Å². The number of nitrogens with two attached hydrogens (primary N) is 1. The molecule has 0 aliphatic heterocycles. The summed E-state index contributed by atoms with van der Waals surface area (Å²) >= 11 is 0. The maximum absolute atomic E-state index is 11.8. The fourth-order valence-corrected chi connectivity index (χ4v) is 2.44. The Morgan fingerprint density at radius 3 is 2.46 bits per heavy atom. The van der Waals surface area contributed by atoms with Gasteiger partial charge in [-0.05, 0) is 42.7 Å². The molecule has 3 rings (SSSR count). The van der Waals surface area contributed by atoms with Crippen molar-refractivity contribution in [3.05, 3.63) is 74.3 Å². The number of nitrogen functional groups attached to an aromatic ring is 1. The minimum Gasteiger partial charge on any atom is -0.399 e. The Bertz CT molecular complexity index is 928. The Kier molecular flexibility index (Phi) is 4.29. The summed E-state index contributed by atoms with van der Waals surface area (Å²) in [5.41, 5.74) is 9.11. The lowest BCUT2D eigenvalue weighted by Gasteiger charge is -2.15. The summed E-state index contributed by atoms with van der Waals surface area (Å²) in [5.74, 6) is 0. The van der Waals surface area contributed by atoms with Gasteiger partial charge in [0, 0.05) is 30.3 Å². The van der Waals surface area contributed by atoms with E-state index in [2.05, 4.69) is 15.6 Å². The fourth-order valence-electron chi connectivity index (χ4n) is 2.44. The molecule has 3 aromatic rings. The van der Waals surface area contributed by atoms with E-state index in [-0.39, 0.29) is 0 Å². The van der Waals surface area contributed by atoms with Gasteiger partial charge in [-0.2, -0.15) is 0 Å². The quantitative estimate of drug-likeness (QED) is 0.474. The summed E-state index contributed by atoms with van der Waals surface area (Å²) in [6.07, 6.45) is 3.93. The minimum atomic E-state index is -0.506. The zero-order valence-electron chi connectivity index (χ0n) is 13.3. The standard InChI is InChI=1S/C18H18N4O2/c1-11-2-3-12(10-14(11)19)4-9-21-15-16(18(24)17(15)23)22-13-5-7-20-8-6-13/h2-3,5-8,10,21H,4,9,19H2,1H3,(H,20,22). The largest absolute Gasteiger partial charge is 0.399 e. The average molecular weight is 322 g/mol. The number of aryl methyl sites for hydroxylation is 1. The van der Waals surface area contributed by atoms with Gasteiger partial charge in [0.15, 0.2) is 0 Å². The zero-order chi connectivity index (χ0) is 17.1. The van der Waals surface area contributed by atoms with Gasteiger partial charge in [-0.3, -0.25) is 14.6 Å². The number of pyridine rings is 1. The molecule has 6 heteroatoms. The predicted molar refractivity (Wildman–Crippen MR) is 96.7 cm³/mol. The first-order valence-electron chi connectivity index (χ1n) is 7.65. The summed E-state index contributed by atoms with van der Waals surface area (Å²) in [5, 5.41) is 6.00. The van der Waals surface area contributed by atoms with Crippen LogP contribution < -0.4 is 27.2 Å². The second kappa shape index (κ2) is 6.54. The highest BCUT2D eigenvalue weighted by Gasteiger charge is 2.20. The van der Waals surface area contributed by atoms with Crippen molar-refractivity contribution < 1.29 is 0 Å². The number of nitrogens with one attached hydrogen (secondary N) is 2. The predicted octanol–water partition coefficient (Wildman–Crippen LogP) is 1.97.